The van der Waals surface area contributed by atoms with Crippen molar-refractivity contribution in [3.05, 3.63) is 63.2 Å². The van der Waals surface area contributed by atoms with Crippen molar-refractivity contribution in [3.8, 4) is 5.75 Å². The Morgan fingerprint density at radius 1 is 1.19 bits per heavy atom. The highest BCUT2D eigenvalue weighted by atomic mass is 16.6. The lowest BCUT2D eigenvalue weighted by Gasteiger charge is -2.11. The summed E-state index contributed by atoms with van der Waals surface area (Å²) in [6.45, 7) is 4.71. The predicted octanol–water partition coefficient (Wildman–Crippen LogP) is 3.83. The Balaban J connectivity index is 2.18. The lowest BCUT2D eigenvalue weighted by molar-refractivity contribution is -0.385. The average Bonchev–Trinajstić information content (AvgIpc) is 2.47. The fourth-order valence-corrected chi connectivity index (χ4v) is 2.13. The normalized spacial score (nSPS) is 10.2. The fourth-order valence-electron chi connectivity index (χ4n) is 2.13. The number of rotatable bonds is 5. The molecule has 0 unspecified atom stereocenters. The van der Waals surface area contributed by atoms with Crippen molar-refractivity contribution in [2.45, 2.75) is 20.4 Å². The van der Waals surface area contributed by atoms with E-state index in [4.69, 9.17) is 4.74 Å². The van der Waals surface area contributed by atoms with Crippen LogP contribution < -0.4 is 10.1 Å². The number of hydrogen-bond donors (Lipinski definition) is 1. The van der Waals surface area contributed by atoms with E-state index < -0.39 is 4.92 Å². The van der Waals surface area contributed by atoms with E-state index in [1.54, 1.807) is 12.1 Å². The quantitative estimate of drug-likeness (QED) is 0.670. The molecule has 0 aliphatic rings. The van der Waals surface area contributed by atoms with Crippen LogP contribution in [0.2, 0.25) is 0 Å². The zero-order valence-corrected chi connectivity index (χ0v) is 12.3. The third-order valence-corrected chi connectivity index (χ3v) is 3.36. The summed E-state index contributed by atoms with van der Waals surface area (Å²) in [5.41, 5.74) is 4.22. The van der Waals surface area contributed by atoms with Crippen molar-refractivity contribution >= 4 is 11.4 Å². The summed E-state index contributed by atoms with van der Waals surface area (Å²) >= 11 is 0. The topological polar surface area (TPSA) is 64.4 Å². The van der Waals surface area contributed by atoms with Crippen molar-refractivity contribution in [1.82, 2.24) is 0 Å². The first-order valence-electron chi connectivity index (χ1n) is 6.63. The maximum Gasteiger partial charge on any atom is 0.312 e. The number of nitro groups is 1. The molecule has 0 spiro atoms. The van der Waals surface area contributed by atoms with E-state index in [0.29, 0.717) is 12.2 Å². The van der Waals surface area contributed by atoms with Crippen molar-refractivity contribution in [1.29, 1.82) is 0 Å². The van der Waals surface area contributed by atoms with Gasteiger partial charge in [0.1, 0.15) is 0 Å². The molecule has 0 aromatic heterocycles. The summed E-state index contributed by atoms with van der Waals surface area (Å²) in [5.74, 6) is 0.261. The van der Waals surface area contributed by atoms with E-state index in [1.165, 1.54) is 29.9 Å². The fraction of sp³-hybridized carbons (Fsp3) is 0.250. The smallest absolute Gasteiger partial charge is 0.312 e. The third-order valence-electron chi connectivity index (χ3n) is 3.36. The molecule has 21 heavy (non-hydrogen) atoms. The Hall–Kier alpha value is -2.56. The molecule has 0 aliphatic carbocycles. The van der Waals surface area contributed by atoms with E-state index in [1.807, 2.05) is 13.8 Å². The third kappa shape index (κ3) is 3.51. The molecule has 5 nitrogen and oxygen atoms in total. The van der Waals surface area contributed by atoms with Gasteiger partial charge in [0.05, 0.1) is 12.0 Å². The second-order valence-corrected chi connectivity index (χ2v) is 4.93. The molecule has 0 bridgehead atoms. The molecule has 0 saturated carbocycles. The maximum atomic E-state index is 11.0. The maximum absolute atomic E-state index is 11.0. The first-order chi connectivity index (χ1) is 10.0. The largest absolute Gasteiger partial charge is 0.490 e. The molecule has 0 heterocycles. The van der Waals surface area contributed by atoms with Gasteiger partial charge in [-0.3, -0.25) is 10.1 Å². The number of anilines is 1. The standard InChI is InChI=1S/C16H18N2O3/c1-11-4-5-12(2)13(8-11)10-17-14-6-7-16(21-3)15(9-14)18(19)20/h4-9,17H,10H2,1-3H3. The molecule has 110 valence electrons. The summed E-state index contributed by atoms with van der Waals surface area (Å²) in [5, 5.41) is 14.2. The first kappa shape index (κ1) is 14.8. The van der Waals surface area contributed by atoms with Crippen LogP contribution in [0.5, 0.6) is 5.75 Å². The summed E-state index contributed by atoms with van der Waals surface area (Å²) in [4.78, 5) is 10.6. The van der Waals surface area contributed by atoms with Gasteiger partial charge in [-0.25, -0.2) is 0 Å². The Labute approximate surface area is 123 Å². The van der Waals surface area contributed by atoms with Gasteiger partial charge >= 0.3 is 5.69 Å². The molecule has 2 aromatic rings. The highest BCUT2D eigenvalue weighted by Crippen LogP contribution is 2.29. The molecule has 0 amide bonds. The number of aryl methyl sites for hydroxylation is 2. The number of benzene rings is 2. The molecular weight excluding hydrogens is 268 g/mol. The summed E-state index contributed by atoms with van der Waals surface area (Å²) in [6, 6.07) is 11.1. The molecule has 0 aliphatic heterocycles. The number of nitrogens with zero attached hydrogens (tertiary/aromatic N) is 1. The molecule has 0 atom stereocenters. The Morgan fingerprint density at radius 3 is 2.62 bits per heavy atom. The van der Waals surface area contributed by atoms with E-state index in [2.05, 4.69) is 23.5 Å². The number of nitrogens with one attached hydrogen (secondary N) is 1. The van der Waals surface area contributed by atoms with Crippen LogP contribution in [0.1, 0.15) is 16.7 Å². The molecule has 2 rings (SSSR count). The highest BCUT2D eigenvalue weighted by Gasteiger charge is 2.15. The van der Waals surface area contributed by atoms with Gasteiger partial charge in [0.15, 0.2) is 5.75 Å². The van der Waals surface area contributed by atoms with Gasteiger partial charge in [0, 0.05) is 18.3 Å². The zero-order chi connectivity index (χ0) is 15.4. The number of nitro benzene ring substituents is 1. The van der Waals surface area contributed by atoms with Gasteiger partial charge in [0.25, 0.3) is 0 Å². The van der Waals surface area contributed by atoms with Crippen LogP contribution in [0.3, 0.4) is 0 Å². The van der Waals surface area contributed by atoms with Crippen LogP contribution in [0, 0.1) is 24.0 Å². The number of hydrogen-bond acceptors (Lipinski definition) is 4. The van der Waals surface area contributed by atoms with E-state index >= 15 is 0 Å². The monoisotopic (exact) mass is 286 g/mol. The minimum atomic E-state index is -0.443. The highest BCUT2D eigenvalue weighted by molar-refractivity contribution is 5.58. The summed E-state index contributed by atoms with van der Waals surface area (Å²) in [6.07, 6.45) is 0. The van der Waals surface area contributed by atoms with Crippen LogP contribution >= 0.6 is 0 Å². The van der Waals surface area contributed by atoms with Crippen molar-refractivity contribution in [2.24, 2.45) is 0 Å². The summed E-state index contributed by atoms with van der Waals surface area (Å²) < 4.78 is 4.99. The number of methoxy groups -OCH3 is 1. The van der Waals surface area contributed by atoms with Crippen molar-refractivity contribution in [2.75, 3.05) is 12.4 Å². The molecule has 0 radical (unpaired) electrons. The molecule has 0 fully saturated rings. The number of ether oxygens (including phenoxy) is 1. The SMILES string of the molecule is COc1ccc(NCc2cc(C)ccc2C)cc1[N+](=O)[O-]. The van der Waals surface area contributed by atoms with Gasteiger partial charge in [0.2, 0.25) is 0 Å². The van der Waals surface area contributed by atoms with Gasteiger partial charge in [-0.05, 0) is 37.1 Å². The molecule has 5 heteroatoms. The van der Waals surface area contributed by atoms with E-state index in [-0.39, 0.29) is 11.4 Å². The second kappa shape index (κ2) is 6.26. The van der Waals surface area contributed by atoms with Crippen molar-refractivity contribution in [3.63, 3.8) is 0 Å². The minimum Gasteiger partial charge on any atom is -0.490 e. The minimum absolute atomic E-state index is 0.0385. The predicted molar refractivity (Wildman–Crippen MR) is 82.9 cm³/mol. The van der Waals surface area contributed by atoms with Crippen LogP contribution in [0.15, 0.2) is 36.4 Å². The second-order valence-electron chi connectivity index (χ2n) is 4.93. The Bertz CT molecular complexity index is 669. The van der Waals surface area contributed by atoms with Gasteiger partial charge in [-0.1, -0.05) is 23.8 Å². The van der Waals surface area contributed by atoms with Crippen LogP contribution in [0.4, 0.5) is 11.4 Å². The van der Waals surface area contributed by atoms with Crippen LogP contribution in [-0.2, 0) is 6.54 Å². The first-order valence-corrected chi connectivity index (χ1v) is 6.63. The van der Waals surface area contributed by atoms with Gasteiger partial charge in [-0.2, -0.15) is 0 Å². The molecule has 1 N–H and O–H groups in total. The lowest BCUT2D eigenvalue weighted by Crippen LogP contribution is -2.03. The zero-order valence-electron chi connectivity index (χ0n) is 12.3. The van der Waals surface area contributed by atoms with Crippen LogP contribution in [-0.4, -0.2) is 12.0 Å². The lowest BCUT2D eigenvalue weighted by atomic mass is 10.1. The van der Waals surface area contributed by atoms with E-state index in [0.717, 1.165) is 0 Å². The molecular formula is C16H18N2O3. The van der Waals surface area contributed by atoms with Crippen LogP contribution in [0.25, 0.3) is 0 Å². The summed E-state index contributed by atoms with van der Waals surface area (Å²) in [7, 11) is 1.42. The molecule has 0 saturated heterocycles. The van der Waals surface area contributed by atoms with Crippen molar-refractivity contribution < 1.29 is 9.66 Å². The average molecular weight is 286 g/mol. The van der Waals surface area contributed by atoms with E-state index in [9.17, 15) is 10.1 Å². The van der Waals surface area contributed by atoms with Gasteiger partial charge in [-0.15, -0.1) is 0 Å². The molecule has 2 aromatic carbocycles. The Morgan fingerprint density at radius 2 is 1.95 bits per heavy atom. The van der Waals surface area contributed by atoms with Gasteiger partial charge < -0.3 is 10.1 Å². The Kier molecular flexibility index (Phi) is 4.42.